The SMILES string of the molecule is CC(C)(CNC(=O)c1cccc2cn[nH]c12)c1ccccc1F. The van der Waals surface area contributed by atoms with Crippen molar-refractivity contribution in [1.82, 2.24) is 15.5 Å². The van der Waals surface area contributed by atoms with E-state index in [9.17, 15) is 9.18 Å². The molecule has 0 bridgehead atoms. The molecule has 1 amide bonds. The van der Waals surface area contributed by atoms with Gasteiger partial charge in [0.2, 0.25) is 0 Å². The minimum atomic E-state index is -0.511. The molecule has 0 aliphatic heterocycles. The maximum absolute atomic E-state index is 14.0. The van der Waals surface area contributed by atoms with Gasteiger partial charge in [-0.1, -0.05) is 44.2 Å². The Morgan fingerprint density at radius 1 is 1.22 bits per heavy atom. The first-order valence-electron chi connectivity index (χ1n) is 7.44. The van der Waals surface area contributed by atoms with Crippen LogP contribution in [0.1, 0.15) is 29.8 Å². The summed E-state index contributed by atoms with van der Waals surface area (Å²) < 4.78 is 14.0. The number of hydrogen-bond acceptors (Lipinski definition) is 2. The molecule has 0 fully saturated rings. The molecule has 23 heavy (non-hydrogen) atoms. The number of benzene rings is 2. The van der Waals surface area contributed by atoms with Crippen LogP contribution in [0.5, 0.6) is 0 Å². The molecule has 0 aliphatic carbocycles. The second-order valence-electron chi connectivity index (χ2n) is 6.19. The molecule has 118 valence electrons. The summed E-state index contributed by atoms with van der Waals surface area (Å²) in [5.41, 5.74) is 1.31. The summed E-state index contributed by atoms with van der Waals surface area (Å²) in [6.45, 7) is 4.14. The van der Waals surface area contributed by atoms with E-state index in [1.807, 2.05) is 26.0 Å². The van der Waals surface area contributed by atoms with Crippen molar-refractivity contribution in [1.29, 1.82) is 0 Å². The highest BCUT2D eigenvalue weighted by molar-refractivity contribution is 6.05. The van der Waals surface area contributed by atoms with Crippen LogP contribution in [0.25, 0.3) is 10.9 Å². The maximum atomic E-state index is 14.0. The lowest BCUT2D eigenvalue weighted by molar-refractivity contribution is 0.0946. The van der Waals surface area contributed by atoms with Crippen LogP contribution in [0.15, 0.2) is 48.7 Å². The zero-order chi connectivity index (χ0) is 16.4. The molecule has 2 aromatic carbocycles. The van der Waals surface area contributed by atoms with Gasteiger partial charge in [0.05, 0.1) is 17.3 Å². The molecular weight excluding hydrogens is 293 g/mol. The molecule has 0 unspecified atom stereocenters. The number of fused-ring (bicyclic) bond motifs is 1. The van der Waals surface area contributed by atoms with Crippen LogP contribution < -0.4 is 5.32 Å². The van der Waals surface area contributed by atoms with Crippen molar-refractivity contribution < 1.29 is 9.18 Å². The lowest BCUT2D eigenvalue weighted by atomic mass is 9.84. The first kappa shape index (κ1) is 15.2. The number of aromatic amines is 1. The Morgan fingerprint density at radius 2 is 2.00 bits per heavy atom. The van der Waals surface area contributed by atoms with Crippen LogP contribution in [0, 0.1) is 5.82 Å². The highest BCUT2D eigenvalue weighted by Crippen LogP contribution is 2.25. The lowest BCUT2D eigenvalue weighted by Gasteiger charge is -2.26. The van der Waals surface area contributed by atoms with E-state index in [0.29, 0.717) is 23.2 Å². The molecule has 0 saturated carbocycles. The summed E-state index contributed by atoms with van der Waals surface area (Å²) in [6.07, 6.45) is 1.68. The van der Waals surface area contributed by atoms with Gasteiger partial charge in [-0.2, -0.15) is 5.10 Å². The molecular formula is C18H18FN3O. The summed E-state index contributed by atoms with van der Waals surface area (Å²) in [6, 6.07) is 12.1. The number of aromatic nitrogens is 2. The highest BCUT2D eigenvalue weighted by atomic mass is 19.1. The number of nitrogens with zero attached hydrogens (tertiary/aromatic N) is 1. The summed E-state index contributed by atoms with van der Waals surface area (Å²) >= 11 is 0. The zero-order valence-electron chi connectivity index (χ0n) is 13.1. The summed E-state index contributed by atoms with van der Waals surface area (Å²) in [5.74, 6) is -0.466. The van der Waals surface area contributed by atoms with Crippen molar-refractivity contribution in [3.63, 3.8) is 0 Å². The number of halogens is 1. The molecule has 3 aromatic rings. The van der Waals surface area contributed by atoms with Gasteiger partial charge in [-0.05, 0) is 17.7 Å². The molecule has 1 heterocycles. The molecule has 2 N–H and O–H groups in total. The van der Waals surface area contributed by atoms with Gasteiger partial charge in [-0.15, -0.1) is 0 Å². The number of nitrogens with one attached hydrogen (secondary N) is 2. The zero-order valence-corrected chi connectivity index (χ0v) is 13.1. The van der Waals surface area contributed by atoms with Crippen LogP contribution in [-0.2, 0) is 5.41 Å². The van der Waals surface area contributed by atoms with Crippen LogP contribution in [0.4, 0.5) is 4.39 Å². The fourth-order valence-electron chi connectivity index (χ4n) is 2.66. The Kier molecular flexibility index (Phi) is 3.86. The number of amides is 1. The molecule has 0 radical (unpaired) electrons. The summed E-state index contributed by atoms with van der Waals surface area (Å²) in [5, 5.41) is 10.6. The van der Waals surface area contributed by atoms with Gasteiger partial charge in [0.25, 0.3) is 5.91 Å². The first-order chi connectivity index (χ1) is 11.0. The second-order valence-corrected chi connectivity index (χ2v) is 6.19. The Labute approximate surface area is 133 Å². The number of para-hydroxylation sites is 1. The Morgan fingerprint density at radius 3 is 2.78 bits per heavy atom. The van der Waals surface area contributed by atoms with Crippen molar-refractivity contribution in [2.24, 2.45) is 0 Å². The average Bonchev–Trinajstić information content (AvgIpc) is 3.01. The fourth-order valence-corrected chi connectivity index (χ4v) is 2.66. The van der Waals surface area contributed by atoms with Crippen molar-refractivity contribution in [2.75, 3.05) is 6.54 Å². The minimum absolute atomic E-state index is 0.204. The van der Waals surface area contributed by atoms with E-state index < -0.39 is 5.41 Å². The largest absolute Gasteiger partial charge is 0.351 e. The number of carbonyl (C=O) groups excluding carboxylic acids is 1. The van der Waals surface area contributed by atoms with Crippen molar-refractivity contribution >= 4 is 16.8 Å². The van der Waals surface area contributed by atoms with Crippen LogP contribution >= 0.6 is 0 Å². The average molecular weight is 311 g/mol. The van der Waals surface area contributed by atoms with Gasteiger partial charge in [0.1, 0.15) is 5.82 Å². The Bertz CT molecular complexity index is 854. The third kappa shape index (κ3) is 2.95. The standard InChI is InChI=1S/C18H18FN3O/c1-18(2,14-8-3-4-9-15(14)19)11-20-17(23)13-7-5-6-12-10-21-22-16(12)13/h3-10H,11H2,1-2H3,(H,20,23)(H,21,22). The molecule has 5 heteroatoms. The summed E-state index contributed by atoms with van der Waals surface area (Å²) in [7, 11) is 0. The predicted molar refractivity (Wildman–Crippen MR) is 87.9 cm³/mol. The van der Waals surface area contributed by atoms with Crippen molar-refractivity contribution in [3.8, 4) is 0 Å². The minimum Gasteiger partial charge on any atom is -0.351 e. The number of hydrogen-bond donors (Lipinski definition) is 2. The quantitative estimate of drug-likeness (QED) is 0.776. The van der Waals surface area contributed by atoms with E-state index in [4.69, 9.17) is 0 Å². The molecule has 3 rings (SSSR count). The first-order valence-corrected chi connectivity index (χ1v) is 7.44. The van der Waals surface area contributed by atoms with E-state index >= 15 is 0 Å². The fraction of sp³-hybridized carbons (Fsp3) is 0.222. The van der Waals surface area contributed by atoms with E-state index in [1.165, 1.54) is 6.07 Å². The van der Waals surface area contributed by atoms with E-state index in [1.54, 1.807) is 30.5 Å². The molecule has 0 aliphatic rings. The number of carbonyl (C=O) groups is 1. The number of H-pyrrole nitrogens is 1. The second kappa shape index (κ2) is 5.83. The predicted octanol–water partition coefficient (Wildman–Crippen LogP) is 3.41. The highest BCUT2D eigenvalue weighted by Gasteiger charge is 2.25. The van der Waals surface area contributed by atoms with Crippen molar-refractivity contribution in [3.05, 3.63) is 65.6 Å². The molecule has 0 spiro atoms. The van der Waals surface area contributed by atoms with Gasteiger partial charge in [-0.3, -0.25) is 9.89 Å². The molecule has 0 atom stereocenters. The van der Waals surface area contributed by atoms with Crippen LogP contribution in [0.2, 0.25) is 0 Å². The topological polar surface area (TPSA) is 57.8 Å². The van der Waals surface area contributed by atoms with Gasteiger partial charge < -0.3 is 5.32 Å². The third-order valence-electron chi connectivity index (χ3n) is 4.02. The van der Waals surface area contributed by atoms with Crippen LogP contribution in [-0.4, -0.2) is 22.6 Å². The third-order valence-corrected chi connectivity index (χ3v) is 4.02. The smallest absolute Gasteiger partial charge is 0.253 e. The normalized spacial score (nSPS) is 11.6. The van der Waals surface area contributed by atoms with Gasteiger partial charge in [0.15, 0.2) is 0 Å². The van der Waals surface area contributed by atoms with Crippen molar-refractivity contribution in [2.45, 2.75) is 19.3 Å². The molecule has 1 aromatic heterocycles. The lowest BCUT2D eigenvalue weighted by Crippen LogP contribution is -2.37. The number of rotatable bonds is 4. The van der Waals surface area contributed by atoms with Gasteiger partial charge in [0, 0.05) is 17.3 Å². The monoisotopic (exact) mass is 311 g/mol. The van der Waals surface area contributed by atoms with Gasteiger partial charge in [-0.25, -0.2) is 4.39 Å². The van der Waals surface area contributed by atoms with E-state index in [0.717, 1.165) is 5.39 Å². The van der Waals surface area contributed by atoms with E-state index in [-0.39, 0.29) is 11.7 Å². The maximum Gasteiger partial charge on any atom is 0.253 e. The summed E-state index contributed by atoms with van der Waals surface area (Å²) in [4.78, 5) is 12.5. The Hall–Kier alpha value is -2.69. The molecule has 4 nitrogen and oxygen atoms in total. The van der Waals surface area contributed by atoms with Gasteiger partial charge >= 0.3 is 0 Å². The molecule has 0 saturated heterocycles. The van der Waals surface area contributed by atoms with E-state index in [2.05, 4.69) is 15.5 Å². The van der Waals surface area contributed by atoms with Crippen LogP contribution in [0.3, 0.4) is 0 Å². The Balaban J connectivity index is 1.79.